The standard InChI is InChI=1S/C15H14N4/c1-9-6-7-10-4-2-3-5-11(10)14(9)12-8-13(16)19-15(17)18-12/h2-8H,1H3,(H4,16,17,18,19). The predicted octanol–water partition coefficient (Wildman–Crippen LogP) is 2.77. The molecule has 94 valence electrons. The second kappa shape index (κ2) is 4.24. The lowest BCUT2D eigenvalue weighted by atomic mass is 9.97. The monoisotopic (exact) mass is 250 g/mol. The van der Waals surface area contributed by atoms with Gasteiger partial charge in [-0.2, -0.15) is 4.98 Å². The summed E-state index contributed by atoms with van der Waals surface area (Å²) in [6, 6.07) is 14.1. The highest BCUT2D eigenvalue weighted by Gasteiger charge is 2.10. The zero-order chi connectivity index (χ0) is 13.4. The fraction of sp³-hybridized carbons (Fsp3) is 0.0667. The Labute approximate surface area is 111 Å². The Bertz CT molecular complexity index is 745. The van der Waals surface area contributed by atoms with Crippen molar-refractivity contribution in [1.29, 1.82) is 0 Å². The van der Waals surface area contributed by atoms with Crippen LogP contribution in [-0.2, 0) is 0 Å². The number of fused-ring (bicyclic) bond motifs is 1. The Morgan fingerprint density at radius 1 is 0.947 bits per heavy atom. The van der Waals surface area contributed by atoms with E-state index in [1.165, 1.54) is 5.39 Å². The molecule has 0 amide bonds. The van der Waals surface area contributed by atoms with Crippen LogP contribution in [0.25, 0.3) is 22.0 Å². The number of nitrogens with two attached hydrogens (primary N) is 2. The molecule has 19 heavy (non-hydrogen) atoms. The number of rotatable bonds is 1. The summed E-state index contributed by atoms with van der Waals surface area (Å²) >= 11 is 0. The smallest absolute Gasteiger partial charge is 0.222 e. The van der Waals surface area contributed by atoms with Gasteiger partial charge < -0.3 is 11.5 Å². The van der Waals surface area contributed by atoms with Crippen LogP contribution in [0.3, 0.4) is 0 Å². The Hall–Kier alpha value is -2.62. The molecule has 2 aromatic carbocycles. The molecule has 0 unspecified atom stereocenters. The van der Waals surface area contributed by atoms with Gasteiger partial charge in [0.2, 0.25) is 5.95 Å². The van der Waals surface area contributed by atoms with Gasteiger partial charge in [-0.1, -0.05) is 36.4 Å². The molecule has 0 saturated heterocycles. The second-order valence-electron chi connectivity index (χ2n) is 4.51. The van der Waals surface area contributed by atoms with Gasteiger partial charge in [-0.05, 0) is 23.3 Å². The Morgan fingerprint density at radius 2 is 1.74 bits per heavy atom. The summed E-state index contributed by atoms with van der Waals surface area (Å²) in [4.78, 5) is 8.22. The van der Waals surface area contributed by atoms with Crippen LogP contribution < -0.4 is 11.5 Å². The van der Waals surface area contributed by atoms with E-state index in [1.54, 1.807) is 6.07 Å². The van der Waals surface area contributed by atoms with Gasteiger partial charge in [-0.25, -0.2) is 4.98 Å². The summed E-state index contributed by atoms with van der Waals surface area (Å²) in [6.07, 6.45) is 0. The molecule has 0 spiro atoms. The minimum atomic E-state index is 0.197. The number of anilines is 2. The Balaban J connectivity index is 2.38. The number of nitrogens with zero attached hydrogens (tertiary/aromatic N) is 2. The first-order valence-corrected chi connectivity index (χ1v) is 6.04. The van der Waals surface area contributed by atoms with Crippen LogP contribution >= 0.6 is 0 Å². The van der Waals surface area contributed by atoms with Gasteiger partial charge in [0, 0.05) is 11.6 Å². The second-order valence-corrected chi connectivity index (χ2v) is 4.51. The van der Waals surface area contributed by atoms with Crippen molar-refractivity contribution in [3.05, 3.63) is 48.0 Å². The van der Waals surface area contributed by atoms with Crippen molar-refractivity contribution < 1.29 is 0 Å². The first-order valence-electron chi connectivity index (χ1n) is 6.04. The van der Waals surface area contributed by atoms with E-state index >= 15 is 0 Å². The van der Waals surface area contributed by atoms with Crippen LogP contribution in [0.15, 0.2) is 42.5 Å². The molecule has 0 radical (unpaired) electrons. The molecule has 0 fully saturated rings. The maximum absolute atomic E-state index is 5.76. The third kappa shape index (κ3) is 1.97. The van der Waals surface area contributed by atoms with Crippen molar-refractivity contribution in [3.8, 4) is 11.3 Å². The van der Waals surface area contributed by atoms with Crippen molar-refractivity contribution >= 4 is 22.5 Å². The minimum absolute atomic E-state index is 0.197. The molecule has 0 aliphatic heterocycles. The molecule has 0 aliphatic carbocycles. The minimum Gasteiger partial charge on any atom is -0.384 e. The van der Waals surface area contributed by atoms with E-state index in [0.717, 1.165) is 22.2 Å². The van der Waals surface area contributed by atoms with E-state index in [0.29, 0.717) is 5.82 Å². The highest BCUT2D eigenvalue weighted by Crippen LogP contribution is 2.31. The maximum Gasteiger partial charge on any atom is 0.222 e. The molecular formula is C15H14N4. The van der Waals surface area contributed by atoms with Gasteiger partial charge in [0.15, 0.2) is 0 Å². The average Bonchev–Trinajstić information content (AvgIpc) is 2.37. The predicted molar refractivity (Wildman–Crippen MR) is 78.5 cm³/mol. The Kier molecular flexibility index (Phi) is 2.56. The van der Waals surface area contributed by atoms with E-state index in [2.05, 4.69) is 41.2 Å². The first kappa shape index (κ1) is 11.5. The first-order chi connectivity index (χ1) is 9.15. The summed E-state index contributed by atoms with van der Waals surface area (Å²) in [6.45, 7) is 2.05. The largest absolute Gasteiger partial charge is 0.384 e. The fourth-order valence-electron chi connectivity index (χ4n) is 2.33. The molecule has 4 N–H and O–H groups in total. The average molecular weight is 250 g/mol. The summed E-state index contributed by atoms with van der Waals surface area (Å²) < 4.78 is 0. The number of benzene rings is 2. The van der Waals surface area contributed by atoms with Gasteiger partial charge in [-0.15, -0.1) is 0 Å². The molecule has 0 saturated carbocycles. The summed E-state index contributed by atoms with van der Waals surface area (Å²) in [7, 11) is 0. The number of hydrogen-bond donors (Lipinski definition) is 2. The zero-order valence-corrected chi connectivity index (χ0v) is 10.6. The third-order valence-electron chi connectivity index (χ3n) is 3.16. The quantitative estimate of drug-likeness (QED) is 0.696. The molecule has 3 rings (SSSR count). The molecule has 4 nitrogen and oxygen atoms in total. The van der Waals surface area contributed by atoms with Crippen molar-refractivity contribution in [1.82, 2.24) is 9.97 Å². The maximum atomic E-state index is 5.76. The molecule has 0 bridgehead atoms. The highest BCUT2D eigenvalue weighted by molar-refractivity contribution is 5.97. The van der Waals surface area contributed by atoms with E-state index < -0.39 is 0 Å². The van der Waals surface area contributed by atoms with Crippen molar-refractivity contribution in [2.24, 2.45) is 0 Å². The van der Waals surface area contributed by atoms with Crippen LogP contribution in [0, 0.1) is 6.92 Å². The van der Waals surface area contributed by atoms with Gasteiger partial charge >= 0.3 is 0 Å². The molecule has 1 heterocycles. The SMILES string of the molecule is Cc1ccc2ccccc2c1-c1cc(N)nc(N)n1. The number of hydrogen-bond acceptors (Lipinski definition) is 4. The lowest BCUT2D eigenvalue weighted by Gasteiger charge is -2.10. The van der Waals surface area contributed by atoms with Crippen LogP contribution in [0.5, 0.6) is 0 Å². The van der Waals surface area contributed by atoms with Gasteiger partial charge in [0.1, 0.15) is 5.82 Å². The topological polar surface area (TPSA) is 77.8 Å². The van der Waals surface area contributed by atoms with Crippen molar-refractivity contribution in [2.45, 2.75) is 6.92 Å². The zero-order valence-electron chi connectivity index (χ0n) is 10.6. The van der Waals surface area contributed by atoms with Crippen LogP contribution in [0.1, 0.15) is 5.56 Å². The van der Waals surface area contributed by atoms with E-state index in [-0.39, 0.29) is 5.95 Å². The lowest BCUT2D eigenvalue weighted by Crippen LogP contribution is -2.01. The molecule has 3 aromatic rings. The number of aromatic nitrogens is 2. The molecule has 0 aliphatic rings. The van der Waals surface area contributed by atoms with Gasteiger partial charge in [-0.3, -0.25) is 0 Å². The molecular weight excluding hydrogens is 236 g/mol. The summed E-state index contributed by atoms with van der Waals surface area (Å²) in [5.41, 5.74) is 14.4. The molecule has 4 heteroatoms. The van der Waals surface area contributed by atoms with Gasteiger partial charge in [0.25, 0.3) is 0 Å². The fourth-order valence-corrected chi connectivity index (χ4v) is 2.33. The van der Waals surface area contributed by atoms with Crippen molar-refractivity contribution in [2.75, 3.05) is 11.5 Å². The lowest BCUT2D eigenvalue weighted by molar-refractivity contribution is 1.20. The molecule has 0 atom stereocenters. The molecule has 1 aromatic heterocycles. The van der Waals surface area contributed by atoms with Crippen LogP contribution in [0.2, 0.25) is 0 Å². The van der Waals surface area contributed by atoms with E-state index in [9.17, 15) is 0 Å². The number of nitrogen functional groups attached to an aromatic ring is 2. The van der Waals surface area contributed by atoms with Gasteiger partial charge in [0.05, 0.1) is 5.69 Å². The Morgan fingerprint density at radius 3 is 2.53 bits per heavy atom. The van der Waals surface area contributed by atoms with E-state index in [1.807, 2.05) is 12.1 Å². The highest BCUT2D eigenvalue weighted by atomic mass is 15.0. The van der Waals surface area contributed by atoms with Crippen molar-refractivity contribution in [3.63, 3.8) is 0 Å². The number of aryl methyl sites for hydroxylation is 1. The normalized spacial score (nSPS) is 10.8. The third-order valence-corrected chi connectivity index (χ3v) is 3.16. The van der Waals surface area contributed by atoms with Crippen LogP contribution in [-0.4, -0.2) is 9.97 Å². The summed E-state index contributed by atoms with van der Waals surface area (Å²) in [5, 5.41) is 2.30. The summed E-state index contributed by atoms with van der Waals surface area (Å²) in [5.74, 6) is 0.581. The van der Waals surface area contributed by atoms with E-state index in [4.69, 9.17) is 11.5 Å². The van der Waals surface area contributed by atoms with Crippen LogP contribution in [0.4, 0.5) is 11.8 Å².